The lowest BCUT2D eigenvalue weighted by Crippen LogP contribution is -2.33. The molecule has 2 fully saturated rings. The summed E-state index contributed by atoms with van der Waals surface area (Å²) in [5.74, 6) is 0. The van der Waals surface area contributed by atoms with Crippen LogP contribution in [0.5, 0.6) is 0 Å². The van der Waals surface area contributed by atoms with Gasteiger partial charge in [0, 0.05) is 0 Å². The van der Waals surface area contributed by atoms with Gasteiger partial charge in [-0.2, -0.15) is 0 Å². The van der Waals surface area contributed by atoms with Crippen LogP contribution >= 0.6 is 0 Å². The number of rotatable bonds is 4. The summed E-state index contributed by atoms with van der Waals surface area (Å²) >= 11 is 0. The molecule has 8 aromatic rings. The molecule has 0 aliphatic carbocycles. The standard InChI is InChI=1S/C40H28B2O4/c1-3-11-27-25(7-1)9-5-13-29(27)35-23-37(41-43-19-20-44-41)33-18-16-32-36(30-14-6-10-26-8-2-4-12-28(26)30)24-38(42-45-21-22-46-42)34-17-15-31(35)39(33)40(32)34/h1-18,23-24H,19-22H2. The summed E-state index contributed by atoms with van der Waals surface area (Å²) in [6, 6.07) is 44.1. The van der Waals surface area contributed by atoms with E-state index in [4.69, 9.17) is 18.6 Å². The fourth-order valence-electron chi connectivity index (χ4n) is 7.88. The fourth-order valence-corrected chi connectivity index (χ4v) is 7.88. The first-order valence-corrected chi connectivity index (χ1v) is 16.0. The Morgan fingerprint density at radius 2 is 0.739 bits per heavy atom. The molecular formula is C40H28B2O4. The molecule has 6 heteroatoms. The van der Waals surface area contributed by atoms with E-state index in [1.807, 2.05) is 0 Å². The first kappa shape index (κ1) is 26.5. The highest BCUT2D eigenvalue weighted by molar-refractivity contribution is 6.67. The van der Waals surface area contributed by atoms with Crippen LogP contribution in [-0.2, 0) is 18.6 Å². The highest BCUT2D eigenvalue weighted by atomic mass is 16.6. The molecule has 0 atom stereocenters. The molecule has 2 heterocycles. The highest BCUT2D eigenvalue weighted by Gasteiger charge is 2.33. The molecule has 2 saturated heterocycles. The van der Waals surface area contributed by atoms with Gasteiger partial charge in [0.1, 0.15) is 0 Å². The molecule has 10 rings (SSSR count). The van der Waals surface area contributed by atoms with E-state index in [2.05, 4.69) is 121 Å². The lowest BCUT2D eigenvalue weighted by atomic mass is 9.70. The second-order valence-corrected chi connectivity index (χ2v) is 12.3. The summed E-state index contributed by atoms with van der Waals surface area (Å²) in [6.07, 6.45) is 0. The molecule has 0 aromatic heterocycles. The fraction of sp³-hybridized carbons (Fsp3) is 0.100. The van der Waals surface area contributed by atoms with Gasteiger partial charge >= 0.3 is 14.2 Å². The van der Waals surface area contributed by atoms with Crippen molar-refractivity contribution in [2.45, 2.75) is 0 Å². The van der Waals surface area contributed by atoms with Crippen molar-refractivity contribution in [3.05, 3.63) is 121 Å². The number of fused-ring (bicyclic) bond motifs is 2. The van der Waals surface area contributed by atoms with Crippen molar-refractivity contribution in [3.63, 3.8) is 0 Å². The Labute approximate surface area is 267 Å². The maximum Gasteiger partial charge on any atom is 0.494 e. The van der Waals surface area contributed by atoms with Crippen molar-refractivity contribution in [1.29, 1.82) is 0 Å². The van der Waals surface area contributed by atoms with E-state index < -0.39 is 14.2 Å². The number of hydrogen-bond donors (Lipinski definition) is 0. The molecule has 0 saturated carbocycles. The van der Waals surface area contributed by atoms with Gasteiger partial charge in [0.05, 0.1) is 26.4 Å². The lowest BCUT2D eigenvalue weighted by Gasteiger charge is -2.22. The van der Waals surface area contributed by atoms with Crippen molar-refractivity contribution in [2.24, 2.45) is 0 Å². The van der Waals surface area contributed by atoms with Gasteiger partial charge in [-0.1, -0.05) is 121 Å². The van der Waals surface area contributed by atoms with E-state index in [0.29, 0.717) is 26.4 Å². The summed E-state index contributed by atoms with van der Waals surface area (Å²) in [5.41, 5.74) is 6.89. The zero-order valence-electron chi connectivity index (χ0n) is 25.2. The minimum absolute atomic E-state index is 0.420. The van der Waals surface area contributed by atoms with Crippen LogP contribution in [0.4, 0.5) is 0 Å². The van der Waals surface area contributed by atoms with Gasteiger partial charge in [-0.25, -0.2) is 0 Å². The summed E-state index contributed by atoms with van der Waals surface area (Å²) in [7, 11) is -0.839. The summed E-state index contributed by atoms with van der Waals surface area (Å²) in [6.45, 7) is 2.34. The van der Waals surface area contributed by atoms with Gasteiger partial charge in [0.2, 0.25) is 0 Å². The Hall–Kier alpha value is -4.71. The Bertz CT molecular complexity index is 2280. The van der Waals surface area contributed by atoms with Crippen LogP contribution in [0.25, 0.3) is 76.1 Å². The Balaban J connectivity index is 1.38. The van der Waals surface area contributed by atoms with E-state index >= 15 is 0 Å². The molecule has 218 valence electrons. The highest BCUT2D eigenvalue weighted by Crippen LogP contribution is 2.44. The third-order valence-electron chi connectivity index (χ3n) is 9.87. The minimum atomic E-state index is -0.420. The molecule has 2 aliphatic heterocycles. The monoisotopic (exact) mass is 594 g/mol. The molecule has 8 aromatic carbocycles. The average molecular weight is 594 g/mol. The molecule has 4 nitrogen and oxygen atoms in total. The van der Waals surface area contributed by atoms with Gasteiger partial charge in [0.25, 0.3) is 0 Å². The van der Waals surface area contributed by atoms with Crippen molar-refractivity contribution >= 4 is 79.0 Å². The maximum atomic E-state index is 6.19. The second kappa shape index (κ2) is 10.4. The van der Waals surface area contributed by atoms with E-state index in [-0.39, 0.29) is 0 Å². The quantitative estimate of drug-likeness (QED) is 0.155. The van der Waals surface area contributed by atoms with Crippen LogP contribution in [0, 0.1) is 0 Å². The summed E-state index contributed by atoms with van der Waals surface area (Å²) in [4.78, 5) is 0. The smallest absolute Gasteiger partial charge is 0.405 e. The van der Waals surface area contributed by atoms with Crippen LogP contribution in [0.2, 0.25) is 0 Å². The van der Waals surface area contributed by atoms with E-state index in [9.17, 15) is 0 Å². The Morgan fingerprint density at radius 3 is 1.20 bits per heavy atom. The van der Waals surface area contributed by atoms with E-state index in [1.165, 1.54) is 65.3 Å². The Morgan fingerprint density at radius 1 is 0.348 bits per heavy atom. The third-order valence-corrected chi connectivity index (χ3v) is 9.87. The van der Waals surface area contributed by atoms with Crippen LogP contribution in [0.15, 0.2) is 121 Å². The van der Waals surface area contributed by atoms with Gasteiger partial charge in [-0.15, -0.1) is 0 Å². The molecule has 2 aliphatic rings. The number of hydrogen-bond acceptors (Lipinski definition) is 4. The topological polar surface area (TPSA) is 36.9 Å². The largest absolute Gasteiger partial charge is 0.494 e. The number of benzene rings is 8. The first-order valence-electron chi connectivity index (χ1n) is 16.0. The Kier molecular flexibility index (Phi) is 6.00. The summed E-state index contributed by atoms with van der Waals surface area (Å²) in [5, 5.41) is 12.0. The predicted molar refractivity (Wildman–Crippen MR) is 191 cm³/mol. The molecule has 46 heavy (non-hydrogen) atoms. The van der Waals surface area contributed by atoms with Gasteiger partial charge in [-0.3, -0.25) is 0 Å². The van der Waals surface area contributed by atoms with E-state index in [0.717, 1.165) is 21.7 Å². The lowest BCUT2D eigenvalue weighted by molar-refractivity contribution is 0.365. The zero-order chi connectivity index (χ0) is 30.2. The maximum absolute atomic E-state index is 6.19. The van der Waals surface area contributed by atoms with Crippen molar-refractivity contribution in [3.8, 4) is 22.3 Å². The molecule has 0 N–H and O–H groups in total. The third kappa shape index (κ3) is 3.92. The molecular weight excluding hydrogens is 566 g/mol. The summed E-state index contributed by atoms with van der Waals surface area (Å²) < 4.78 is 24.8. The van der Waals surface area contributed by atoms with E-state index in [1.54, 1.807) is 0 Å². The van der Waals surface area contributed by atoms with Gasteiger partial charge in [-0.05, 0) is 87.0 Å². The first-order chi connectivity index (χ1) is 22.8. The van der Waals surface area contributed by atoms with Crippen LogP contribution < -0.4 is 10.9 Å². The van der Waals surface area contributed by atoms with Gasteiger partial charge in [0.15, 0.2) is 0 Å². The van der Waals surface area contributed by atoms with Crippen LogP contribution in [0.1, 0.15) is 0 Å². The molecule has 0 unspecified atom stereocenters. The van der Waals surface area contributed by atoms with Crippen LogP contribution in [0.3, 0.4) is 0 Å². The molecule has 0 amide bonds. The van der Waals surface area contributed by atoms with Gasteiger partial charge < -0.3 is 18.6 Å². The minimum Gasteiger partial charge on any atom is -0.405 e. The second-order valence-electron chi connectivity index (χ2n) is 12.3. The average Bonchev–Trinajstić information content (AvgIpc) is 3.86. The predicted octanol–water partition coefficient (Wildman–Crippen LogP) is 7.71. The molecule has 0 bridgehead atoms. The SMILES string of the molecule is c1ccc2c(-c3cc(B4OCCO4)c4ccc5c(-c6cccc7ccccc67)cc(B6OCCO6)c6ccc3c4c65)cccc2c1. The van der Waals surface area contributed by atoms with Crippen molar-refractivity contribution in [1.82, 2.24) is 0 Å². The zero-order valence-corrected chi connectivity index (χ0v) is 25.2. The van der Waals surface area contributed by atoms with Crippen LogP contribution in [-0.4, -0.2) is 40.7 Å². The molecule has 0 spiro atoms. The van der Waals surface area contributed by atoms with Crippen molar-refractivity contribution < 1.29 is 18.6 Å². The van der Waals surface area contributed by atoms with Crippen molar-refractivity contribution in [2.75, 3.05) is 26.4 Å². The molecule has 0 radical (unpaired) electrons. The normalized spacial score (nSPS) is 15.5.